The van der Waals surface area contributed by atoms with Crippen LogP contribution in [0.15, 0.2) is 47.5 Å². The highest BCUT2D eigenvalue weighted by Gasteiger charge is 2.04. The van der Waals surface area contributed by atoms with Gasteiger partial charge < -0.3 is 8.98 Å². The first-order chi connectivity index (χ1) is 6.95. The number of aromatic nitrogens is 2. The summed E-state index contributed by atoms with van der Waals surface area (Å²) in [5, 5.41) is 1.09. The Hall–Kier alpha value is -2.03. The zero-order valence-corrected chi connectivity index (χ0v) is 7.34. The summed E-state index contributed by atoms with van der Waals surface area (Å²) in [7, 11) is 0. The second-order valence-electron chi connectivity index (χ2n) is 3.03. The summed E-state index contributed by atoms with van der Waals surface area (Å²) in [5.41, 5.74) is 1.86. The number of hydrogen-bond acceptors (Lipinski definition) is 2. The van der Waals surface area contributed by atoms with Gasteiger partial charge in [-0.3, -0.25) is 0 Å². The van der Waals surface area contributed by atoms with Crippen LogP contribution in [0.4, 0.5) is 0 Å². The highest BCUT2D eigenvalue weighted by Crippen LogP contribution is 2.22. The summed E-state index contributed by atoms with van der Waals surface area (Å²) in [5.74, 6) is 0. The quantitative estimate of drug-likeness (QED) is 0.580. The fourth-order valence-electron chi connectivity index (χ4n) is 1.54. The lowest BCUT2D eigenvalue weighted by molar-refractivity contribution is 0.613. The number of rotatable bonds is 1. The molecule has 0 amide bonds. The van der Waals surface area contributed by atoms with Crippen molar-refractivity contribution in [3.63, 3.8) is 0 Å². The van der Waals surface area contributed by atoms with E-state index in [4.69, 9.17) is 4.42 Å². The molecule has 3 rings (SSSR count). The number of para-hydroxylation sites is 1. The van der Waals surface area contributed by atoms with Crippen molar-refractivity contribution in [2.24, 2.45) is 0 Å². The van der Waals surface area contributed by atoms with Crippen LogP contribution in [0.2, 0.25) is 0 Å². The molecule has 0 spiro atoms. The summed E-state index contributed by atoms with van der Waals surface area (Å²) in [6, 6.07) is 7.94. The molecule has 0 aliphatic carbocycles. The molecule has 0 aliphatic heterocycles. The van der Waals surface area contributed by atoms with Crippen LogP contribution >= 0.6 is 0 Å². The van der Waals surface area contributed by atoms with Gasteiger partial charge in [0.2, 0.25) is 0 Å². The molecule has 67 valence electrons. The van der Waals surface area contributed by atoms with Gasteiger partial charge in [-0.25, -0.2) is 4.98 Å². The van der Waals surface area contributed by atoms with E-state index in [2.05, 4.69) is 11.2 Å². The Bertz CT molecular complexity index is 551. The third-order valence-corrected chi connectivity index (χ3v) is 2.19. The van der Waals surface area contributed by atoms with E-state index in [1.54, 1.807) is 18.8 Å². The molecule has 0 saturated carbocycles. The molecule has 0 fully saturated rings. The molecule has 2 aromatic heterocycles. The highest BCUT2D eigenvalue weighted by molar-refractivity contribution is 5.84. The summed E-state index contributed by atoms with van der Waals surface area (Å²) in [4.78, 5) is 3.89. The van der Waals surface area contributed by atoms with Gasteiger partial charge in [0.05, 0.1) is 12.0 Å². The molecule has 1 aromatic carbocycles. The number of nitrogens with zero attached hydrogens (tertiary/aromatic N) is 2. The zero-order valence-electron chi connectivity index (χ0n) is 7.34. The van der Waals surface area contributed by atoms with Crippen LogP contribution in [-0.4, -0.2) is 9.55 Å². The molecule has 0 N–H and O–H groups in total. The standard InChI is InChI=1S/C11H7N2O/c1-2-9-4-7-14-11(9)10(3-1)13-6-5-12-8-13/h1-4,6-8H. The largest absolute Gasteiger partial charge is 0.462 e. The van der Waals surface area contributed by atoms with Gasteiger partial charge in [0.25, 0.3) is 0 Å². The minimum atomic E-state index is 0.874. The molecule has 3 heteroatoms. The van der Waals surface area contributed by atoms with E-state index in [9.17, 15) is 0 Å². The van der Waals surface area contributed by atoms with Crippen LogP contribution in [0.3, 0.4) is 0 Å². The van der Waals surface area contributed by atoms with Gasteiger partial charge >= 0.3 is 0 Å². The molecule has 1 radical (unpaired) electrons. The second kappa shape index (κ2) is 2.73. The van der Waals surface area contributed by atoms with Crippen molar-refractivity contribution >= 4 is 11.0 Å². The summed E-state index contributed by atoms with van der Waals surface area (Å²) >= 11 is 0. The van der Waals surface area contributed by atoms with Gasteiger partial charge in [-0.15, -0.1) is 0 Å². The van der Waals surface area contributed by atoms with Crippen LogP contribution in [0.1, 0.15) is 0 Å². The maximum atomic E-state index is 5.41. The molecule has 2 heterocycles. The summed E-state index contributed by atoms with van der Waals surface area (Å²) < 4.78 is 7.29. The smallest absolute Gasteiger partial charge is 0.157 e. The molecule has 3 nitrogen and oxygen atoms in total. The van der Waals surface area contributed by atoms with Crippen LogP contribution < -0.4 is 0 Å². The third kappa shape index (κ3) is 0.956. The van der Waals surface area contributed by atoms with Crippen molar-refractivity contribution in [1.82, 2.24) is 9.55 Å². The molecule has 0 aliphatic rings. The molecule has 0 unspecified atom stereocenters. The fraction of sp³-hybridized carbons (Fsp3) is 0. The fourth-order valence-corrected chi connectivity index (χ4v) is 1.54. The Labute approximate surface area is 80.6 Å². The molecule has 14 heavy (non-hydrogen) atoms. The molecule has 0 saturated heterocycles. The SMILES string of the molecule is [c]1cn(-c2cccc3ccoc23)cn1. The summed E-state index contributed by atoms with van der Waals surface area (Å²) in [6.07, 6.45) is 7.93. The van der Waals surface area contributed by atoms with E-state index in [0.29, 0.717) is 0 Å². The highest BCUT2D eigenvalue weighted by atomic mass is 16.3. The maximum Gasteiger partial charge on any atom is 0.157 e. The van der Waals surface area contributed by atoms with E-state index in [0.717, 1.165) is 16.7 Å². The Kier molecular flexibility index (Phi) is 1.44. The third-order valence-electron chi connectivity index (χ3n) is 2.19. The average Bonchev–Trinajstić information content (AvgIpc) is 2.88. The second-order valence-corrected chi connectivity index (χ2v) is 3.03. The van der Waals surface area contributed by atoms with Gasteiger partial charge in [0.1, 0.15) is 12.5 Å². The van der Waals surface area contributed by atoms with Gasteiger partial charge in [0.15, 0.2) is 5.58 Å². The minimum absolute atomic E-state index is 0.874. The predicted molar refractivity (Wildman–Crippen MR) is 52.2 cm³/mol. The Balaban J connectivity index is 2.36. The van der Waals surface area contributed by atoms with Crippen LogP contribution in [-0.2, 0) is 0 Å². The number of imidazole rings is 1. The molecular formula is C11H7N2O. The number of benzene rings is 1. The Morgan fingerprint density at radius 3 is 3.14 bits per heavy atom. The lowest BCUT2D eigenvalue weighted by atomic mass is 10.2. The van der Waals surface area contributed by atoms with Crippen molar-refractivity contribution in [2.75, 3.05) is 0 Å². The topological polar surface area (TPSA) is 31.0 Å². The van der Waals surface area contributed by atoms with E-state index < -0.39 is 0 Å². The Morgan fingerprint density at radius 2 is 2.29 bits per heavy atom. The first-order valence-electron chi connectivity index (χ1n) is 4.32. The van der Waals surface area contributed by atoms with Crippen molar-refractivity contribution in [3.8, 4) is 5.69 Å². The van der Waals surface area contributed by atoms with Gasteiger partial charge in [-0.1, -0.05) is 12.1 Å². The van der Waals surface area contributed by atoms with E-state index in [1.165, 1.54) is 0 Å². The van der Waals surface area contributed by atoms with Gasteiger partial charge in [-0.05, 0) is 12.1 Å². The molecular weight excluding hydrogens is 176 g/mol. The van der Waals surface area contributed by atoms with Crippen molar-refractivity contribution in [2.45, 2.75) is 0 Å². The predicted octanol–water partition coefficient (Wildman–Crippen LogP) is 2.42. The van der Waals surface area contributed by atoms with E-state index in [-0.39, 0.29) is 0 Å². The number of furan rings is 1. The van der Waals surface area contributed by atoms with Crippen molar-refractivity contribution < 1.29 is 4.42 Å². The monoisotopic (exact) mass is 183 g/mol. The van der Waals surface area contributed by atoms with E-state index >= 15 is 0 Å². The average molecular weight is 183 g/mol. The minimum Gasteiger partial charge on any atom is -0.462 e. The zero-order chi connectivity index (χ0) is 9.38. The number of fused-ring (bicyclic) bond motifs is 1. The van der Waals surface area contributed by atoms with Crippen molar-refractivity contribution in [1.29, 1.82) is 0 Å². The molecule has 0 atom stereocenters. The first kappa shape index (κ1) is 7.38. The van der Waals surface area contributed by atoms with Gasteiger partial charge in [-0.2, -0.15) is 0 Å². The molecule has 3 aromatic rings. The normalized spacial score (nSPS) is 10.9. The van der Waals surface area contributed by atoms with Crippen LogP contribution in [0, 0.1) is 6.20 Å². The van der Waals surface area contributed by atoms with Crippen LogP contribution in [0.5, 0.6) is 0 Å². The van der Waals surface area contributed by atoms with E-state index in [1.807, 2.05) is 28.8 Å². The summed E-state index contributed by atoms with van der Waals surface area (Å²) in [6.45, 7) is 0. The molecule has 0 bridgehead atoms. The first-order valence-corrected chi connectivity index (χ1v) is 4.32. The van der Waals surface area contributed by atoms with Gasteiger partial charge in [0, 0.05) is 11.6 Å². The number of hydrogen-bond donors (Lipinski definition) is 0. The maximum absolute atomic E-state index is 5.41. The van der Waals surface area contributed by atoms with Crippen LogP contribution in [0.25, 0.3) is 16.7 Å². The van der Waals surface area contributed by atoms with Crippen molar-refractivity contribution in [3.05, 3.63) is 49.2 Å². The lowest BCUT2D eigenvalue weighted by Gasteiger charge is -2.01. The lowest BCUT2D eigenvalue weighted by Crippen LogP contribution is -1.89. The Morgan fingerprint density at radius 1 is 1.29 bits per heavy atom.